The maximum atomic E-state index is 12.7. The standard InChI is InChI=1S/C18H26N2O.ClH/c21-18(12-17-10-5-11-19-17)20(14-16-8-4-9-16)13-15-6-2-1-3-7-15;/h1-3,6-7,16-17,19H,4-5,8-14H2;1H. The Balaban J connectivity index is 0.00000176. The number of amides is 1. The summed E-state index contributed by atoms with van der Waals surface area (Å²) in [6.07, 6.45) is 6.94. The van der Waals surface area contributed by atoms with E-state index in [0.717, 1.165) is 32.0 Å². The first-order valence-corrected chi connectivity index (χ1v) is 8.36. The van der Waals surface area contributed by atoms with E-state index in [0.29, 0.717) is 18.4 Å². The molecule has 22 heavy (non-hydrogen) atoms. The van der Waals surface area contributed by atoms with Gasteiger partial charge in [0.1, 0.15) is 0 Å². The Labute approximate surface area is 139 Å². The van der Waals surface area contributed by atoms with Crippen molar-refractivity contribution in [2.75, 3.05) is 13.1 Å². The molecular formula is C18H27ClN2O. The Bertz CT molecular complexity index is 455. The molecule has 0 spiro atoms. The number of nitrogens with one attached hydrogen (secondary N) is 1. The molecule has 1 aliphatic carbocycles. The second-order valence-electron chi connectivity index (χ2n) is 6.55. The van der Waals surface area contributed by atoms with Crippen molar-refractivity contribution in [2.45, 2.75) is 51.1 Å². The van der Waals surface area contributed by atoms with Crippen LogP contribution in [0.2, 0.25) is 0 Å². The van der Waals surface area contributed by atoms with Crippen molar-refractivity contribution in [3.63, 3.8) is 0 Å². The second kappa shape index (κ2) is 8.54. The average molecular weight is 323 g/mol. The van der Waals surface area contributed by atoms with Crippen molar-refractivity contribution >= 4 is 18.3 Å². The van der Waals surface area contributed by atoms with E-state index >= 15 is 0 Å². The van der Waals surface area contributed by atoms with E-state index in [1.807, 2.05) is 6.07 Å². The molecular weight excluding hydrogens is 296 g/mol. The molecule has 1 saturated heterocycles. The van der Waals surface area contributed by atoms with Crippen molar-refractivity contribution in [1.82, 2.24) is 10.2 Å². The third-order valence-corrected chi connectivity index (χ3v) is 4.86. The van der Waals surface area contributed by atoms with Crippen LogP contribution < -0.4 is 5.32 Å². The van der Waals surface area contributed by atoms with Crippen molar-refractivity contribution in [2.24, 2.45) is 5.92 Å². The average Bonchev–Trinajstić information content (AvgIpc) is 2.95. The van der Waals surface area contributed by atoms with Gasteiger partial charge in [-0.15, -0.1) is 12.4 Å². The SMILES string of the molecule is Cl.O=C(CC1CCCN1)N(Cc1ccccc1)CC1CCC1. The molecule has 3 rings (SSSR count). The Hall–Kier alpha value is -1.06. The van der Waals surface area contributed by atoms with Gasteiger partial charge in [-0.05, 0) is 43.7 Å². The molecule has 0 bridgehead atoms. The molecule has 0 radical (unpaired) electrons. The summed E-state index contributed by atoms with van der Waals surface area (Å²) in [4.78, 5) is 14.8. The molecule has 1 saturated carbocycles. The number of carbonyl (C=O) groups is 1. The number of rotatable bonds is 6. The molecule has 1 heterocycles. The van der Waals surface area contributed by atoms with Crippen LogP contribution in [0.4, 0.5) is 0 Å². The van der Waals surface area contributed by atoms with Crippen molar-refractivity contribution < 1.29 is 4.79 Å². The lowest BCUT2D eigenvalue weighted by Crippen LogP contribution is -2.39. The highest BCUT2D eigenvalue weighted by Gasteiger charge is 2.26. The molecule has 1 amide bonds. The molecule has 1 aromatic rings. The van der Waals surface area contributed by atoms with Crippen molar-refractivity contribution in [3.8, 4) is 0 Å². The highest BCUT2D eigenvalue weighted by Crippen LogP contribution is 2.28. The van der Waals surface area contributed by atoms with Gasteiger partial charge in [-0.3, -0.25) is 4.79 Å². The molecule has 1 aliphatic heterocycles. The normalized spacial score (nSPS) is 21.0. The van der Waals surface area contributed by atoms with Crippen LogP contribution in [0.25, 0.3) is 0 Å². The first kappa shape index (κ1) is 17.3. The van der Waals surface area contributed by atoms with Gasteiger partial charge in [0.05, 0.1) is 0 Å². The van der Waals surface area contributed by atoms with Crippen LogP contribution in [0.1, 0.15) is 44.1 Å². The minimum absolute atomic E-state index is 0. The van der Waals surface area contributed by atoms with Gasteiger partial charge >= 0.3 is 0 Å². The Morgan fingerprint density at radius 2 is 1.91 bits per heavy atom. The van der Waals surface area contributed by atoms with Crippen LogP contribution in [0.5, 0.6) is 0 Å². The quantitative estimate of drug-likeness (QED) is 0.870. The molecule has 1 N–H and O–H groups in total. The Morgan fingerprint density at radius 1 is 1.14 bits per heavy atom. The first-order valence-electron chi connectivity index (χ1n) is 8.36. The molecule has 4 heteroatoms. The van der Waals surface area contributed by atoms with Crippen LogP contribution in [-0.2, 0) is 11.3 Å². The van der Waals surface area contributed by atoms with E-state index in [2.05, 4.69) is 34.5 Å². The van der Waals surface area contributed by atoms with Gasteiger partial charge in [-0.25, -0.2) is 0 Å². The molecule has 0 aromatic heterocycles. The minimum Gasteiger partial charge on any atom is -0.338 e. The van der Waals surface area contributed by atoms with Gasteiger partial charge in [0.15, 0.2) is 0 Å². The van der Waals surface area contributed by atoms with Crippen LogP contribution >= 0.6 is 12.4 Å². The second-order valence-corrected chi connectivity index (χ2v) is 6.55. The lowest BCUT2D eigenvalue weighted by molar-refractivity contribution is -0.133. The number of nitrogens with zero attached hydrogens (tertiary/aromatic N) is 1. The molecule has 1 atom stereocenters. The van der Waals surface area contributed by atoms with Gasteiger partial charge in [0, 0.05) is 25.6 Å². The maximum Gasteiger partial charge on any atom is 0.224 e. The maximum absolute atomic E-state index is 12.7. The smallest absolute Gasteiger partial charge is 0.224 e. The fourth-order valence-corrected chi connectivity index (χ4v) is 3.32. The van der Waals surface area contributed by atoms with Gasteiger partial charge < -0.3 is 10.2 Å². The van der Waals surface area contributed by atoms with Gasteiger partial charge in [0.25, 0.3) is 0 Å². The Kier molecular flexibility index (Phi) is 6.71. The molecule has 2 aliphatic rings. The summed E-state index contributed by atoms with van der Waals surface area (Å²) in [7, 11) is 0. The van der Waals surface area contributed by atoms with E-state index in [1.54, 1.807) is 0 Å². The van der Waals surface area contributed by atoms with E-state index < -0.39 is 0 Å². The van der Waals surface area contributed by atoms with E-state index in [-0.39, 0.29) is 12.4 Å². The largest absolute Gasteiger partial charge is 0.338 e. The predicted molar refractivity (Wildman–Crippen MR) is 92.1 cm³/mol. The molecule has 122 valence electrons. The van der Waals surface area contributed by atoms with Gasteiger partial charge in [-0.1, -0.05) is 36.8 Å². The molecule has 3 nitrogen and oxygen atoms in total. The molecule has 1 aromatic carbocycles. The monoisotopic (exact) mass is 322 g/mol. The van der Waals surface area contributed by atoms with Crippen LogP contribution in [-0.4, -0.2) is 29.9 Å². The number of carbonyl (C=O) groups excluding carboxylic acids is 1. The Morgan fingerprint density at radius 3 is 2.50 bits per heavy atom. The number of hydrogen-bond donors (Lipinski definition) is 1. The van der Waals surface area contributed by atoms with E-state index in [9.17, 15) is 4.79 Å². The van der Waals surface area contributed by atoms with Gasteiger partial charge in [-0.2, -0.15) is 0 Å². The zero-order chi connectivity index (χ0) is 14.5. The van der Waals surface area contributed by atoms with E-state index in [4.69, 9.17) is 0 Å². The molecule has 1 unspecified atom stereocenters. The fraction of sp³-hybridized carbons (Fsp3) is 0.611. The highest BCUT2D eigenvalue weighted by molar-refractivity contribution is 5.85. The summed E-state index contributed by atoms with van der Waals surface area (Å²) in [6, 6.07) is 10.8. The third-order valence-electron chi connectivity index (χ3n) is 4.86. The van der Waals surface area contributed by atoms with Gasteiger partial charge in [0.2, 0.25) is 5.91 Å². The summed E-state index contributed by atoms with van der Waals surface area (Å²) in [5.74, 6) is 1.05. The zero-order valence-corrected chi connectivity index (χ0v) is 14.0. The van der Waals surface area contributed by atoms with Crippen molar-refractivity contribution in [3.05, 3.63) is 35.9 Å². The lowest BCUT2D eigenvalue weighted by Gasteiger charge is -2.33. The summed E-state index contributed by atoms with van der Waals surface area (Å²) in [5.41, 5.74) is 1.24. The van der Waals surface area contributed by atoms with Crippen molar-refractivity contribution in [1.29, 1.82) is 0 Å². The lowest BCUT2D eigenvalue weighted by atomic mass is 9.85. The number of benzene rings is 1. The fourth-order valence-electron chi connectivity index (χ4n) is 3.32. The van der Waals surface area contributed by atoms with Crippen LogP contribution in [0, 0.1) is 5.92 Å². The summed E-state index contributed by atoms with van der Waals surface area (Å²) in [5, 5.41) is 3.44. The summed E-state index contributed by atoms with van der Waals surface area (Å²) < 4.78 is 0. The number of halogens is 1. The first-order chi connectivity index (χ1) is 10.3. The number of hydrogen-bond acceptors (Lipinski definition) is 2. The van der Waals surface area contributed by atoms with Crippen LogP contribution in [0.3, 0.4) is 0 Å². The topological polar surface area (TPSA) is 32.3 Å². The van der Waals surface area contributed by atoms with Crippen LogP contribution in [0.15, 0.2) is 30.3 Å². The van der Waals surface area contributed by atoms with E-state index in [1.165, 1.54) is 31.2 Å². The molecule has 2 fully saturated rings. The highest BCUT2D eigenvalue weighted by atomic mass is 35.5. The summed E-state index contributed by atoms with van der Waals surface area (Å²) >= 11 is 0. The summed E-state index contributed by atoms with van der Waals surface area (Å²) in [6.45, 7) is 2.78. The zero-order valence-electron chi connectivity index (χ0n) is 13.2. The minimum atomic E-state index is 0. The third kappa shape index (κ3) is 4.72. The predicted octanol–water partition coefficient (Wildman–Crippen LogP) is 3.38.